The van der Waals surface area contributed by atoms with Crippen molar-refractivity contribution in [2.24, 2.45) is 5.92 Å². The summed E-state index contributed by atoms with van der Waals surface area (Å²) in [5.74, 6) is 0.870. The van der Waals surface area contributed by atoms with Crippen LogP contribution in [-0.2, 0) is 11.3 Å². The number of amides is 3. The Morgan fingerprint density at radius 3 is 1.97 bits per heavy atom. The lowest BCUT2D eigenvalue weighted by molar-refractivity contribution is -0.120. The van der Waals surface area contributed by atoms with Crippen molar-refractivity contribution < 1.29 is 9.59 Å². The number of carbonyl (C=O) groups excluding carboxylic acids is 2. The lowest BCUT2D eigenvalue weighted by atomic mass is 9.59. The third-order valence-electron chi connectivity index (χ3n) is 6.69. The second kappa shape index (κ2) is 8.87. The van der Waals surface area contributed by atoms with E-state index in [9.17, 15) is 9.59 Å². The zero-order chi connectivity index (χ0) is 21.9. The highest BCUT2D eigenvalue weighted by Crippen LogP contribution is 2.55. The van der Waals surface area contributed by atoms with Crippen LogP contribution in [0, 0.1) is 5.92 Å². The van der Waals surface area contributed by atoms with Crippen LogP contribution in [0.5, 0.6) is 0 Å². The van der Waals surface area contributed by atoms with E-state index >= 15 is 0 Å². The molecule has 3 amide bonds. The summed E-state index contributed by atoms with van der Waals surface area (Å²) in [7, 11) is 0. The second-order valence-electron chi connectivity index (χ2n) is 8.61. The summed E-state index contributed by atoms with van der Waals surface area (Å²) in [5, 5.41) is 8.46. The summed E-state index contributed by atoms with van der Waals surface area (Å²) < 4.78 is 0. The predicted molar refractivity (Wildman–Crippen MR) is 124 cm³/mol. The van der Waals surface area contributed by atoms with Crippen molar-refractivity contribution in [2.45, 2.75) is 24.8 Å². The molecule has 0 saturated heterocycles. The van der Waals surface area contributed by atoms with E-state index in [-0.39, 0.29) is 18.5 Å². The van der Waals surface area contributed by atoms with E-state index in [4.69, 9.17) is 0 Å². The molecule has 3 aromatic carbocycles. The maximum absolute atomic E-state index is 12.4. The van der Waals surface area contributed by atoms with Crippen LogP contribution in [0.4, 0.5) is 4.79 Å². The Labute approximate surface area is 188 Å². The molecule has 6 rings (SSSR count). The molecule has 0 unspecified atom stereocenters. The van der Waals surface area contributed by atoms with Crippen LogP contribution in [0.2, 0.25) is 0 Å². The molecule has 3 aromatic rings. The van der Waals surface area contributed by atoms with Crippen molar-refractivity contribution in [2.75, 3.05) is 13.1 Å². The number of rotatable bonds is 6. The predicted octanol–water partition coefficient (Wildman–Crippen LogP) is 3.90. The first-order valence-corrected chi connectivity index (χ1v) is 11.2. The normalized spacial score (nSPS) is 20.1. The average Bonchev–Trinajstić information content (AvgIpc) is 2.85. The Kier molecular flexibility index (Phi) is 5.63. The summed E-state index contributed by atoms with van der Waals surface area (Å²) in [4.78, 5) is 24.4. The number of hydrogen-bond donors (Lipinski definition) is 3. The van der Waals surface area contributed by atoms with E-state index in [1.165, 1.54) is 22.3 Å². The summed E-state index contributed by atoms with van der Waals surface area (Å²) in [6, 6.07) is 26.7. The molecule has 0 heterocycles. The molecule has 0 radical (unpaired) electrons. The van der Waals surface area contributed by atoms with E-state index in [1.54, 1.807) is 0 Å². The monoisotopic (exact) mass is 425 g/mol. The van der Waals surface area contributed by atoms with Crippen LogP contribution < -0.4 is 16.0 Å². The zero-order valence-electron chi connectivity index (χ0n) is 17.9. The van der Waals surface area contributed by atoms with Gasteiger partial charge in [0.25, 0.3) is 0 Å². The highest BCUT2D eigenvalue weighted by Gasteiger charge is 2.42. The lowest BCUT2D eigenvalue weighted by Gasteiger charge is -2.45. The Morgan fingerprint density at radius 2 is 1.31 bits per heavy atom. The van der Waals surface area contributed by atoms with Crippen molar-refractivity contribution >= 4 is 11.9 Å². The van der Waals surface area contributed by atoms with Crippen molar-refractivity contribution in [3.63, 3.8) is 0 Å². The third kappa shape index (κ3) is 3.98. The summed E-state index contributed by atoms with van der Waals surface area (Å²) in [6.07, 6.45) is 1.03. The molecule has 0 aliphatic heterocycles. The first-order chi connectivity index (χ1) is 15.7. The molecule has 162 valence electrons. The Balaban J connectivity index is 1.16. The van der Waals surface area contributed by atoms with Gasteiger partial charge in [-0.3, -0.25) is 4.79 Å². The Morgan fingerprint density at radius 1 is 0.719 bits per heavy atom. The van der Waals surface area contributed by atoms with Gasteiger partial charge in [-0.05, 0) is 40.2 Å². The fourth-order valence-electron chi connectivity index (χ4n) is 5.27. The molecule has 32 heavy (non-hydrogen) atoms. The smallest absolute Gasteiger partial charge is 0.315 e. The van der Waals surface area contributed by atoms with Crippen molar-refractivity contribution in [1.29, 1.82) is 0 Å². The largest absolute Gasteiger partial charge is 0.354 e. The molecular formula is C27H27N3O2. The van der Waals surface area contributed by atoms with Crippen molar-refractivity contribution in [1.82, 2.24) is 16.0 Å². The van der Waals surface area contributed by atoms with Gasteiger partial charge in [-0.25, -0.2) is 4.79 Å². The van der Waals surface area contributed by atoms with Gasteiger partial charge in [0.05, 0.1) is 6.54 Å². The Bertz CT molecular complexity index is 1080. The molecule has 5 nitrogen and oxygen atoms in total. The number of fused-ring (bicyclic) bond motifs is 1. The molecule has 3 N–H and O–H groups in total. The fraction of sp³-hybridized carbons (Fsp3) is 0.259. The van der Waals surface area contributed by atoms with Gasteiger partial charge in [0.2, 0.25) is 5.91 Å². The van der Waals surface area contributed by atoms with Gasteiger partial charge in [0.15, 0.2) is 0 Å². The molecule has 3 aliphatic rings. The summed E-state index contributed by atoms with van der Waals surface area (Å²) in [6.45, 7) is 1.00. The van der Waals surface area contributed by atoms with E-state index in [0.29, 0.717) is 30.8 Å². The summed E-state index contributed by atoms with van der Waals surface area (Å²) in [5.41, 5.74) is 6.64. The van der Waals surface area contributed by atoms with Crippen LogP contribution in [0.25, 0.3) is 0 Å². The highest BCUT2D eigenvalue weighted by atomic mass is 16.2. The molecule has 0 fully saturated rings. The molecule has 0 saturated carbocycles. The van der Waals surface area contributed by atoms with Crippen LogP contribution in [0.1, 0.15) is 46.1 Å². The van der Waals surface area contributed by atoms with Gasteiger partial charge in [-0.2, -0.15) is 0 Å². The van der Waals surface area contributed by atoms with Gasteiger partial charge in [-0.1, -0.05) is 78.9 Å². The second-order valence-corrected chi connectivity index (χ2v) is 8.61. The minimum Gasteiger partial charge on any atom is -0.354 e. The number of urea groups is 1. The lowest BCUT2D eigenvalue weighted by Crippen LogP contribution is -2.44. The van der Waals surface area contributed by atoms with E-state index in [2.05, 4.69) is 64.5 Å². The topological polar surface area (TPSA) is 70.2 Å². The van der Waals surface area contributed by atoms with E-state index < -0.39 is 0 Å². The standard InChI is InChI=1S/C27H27N3O2/c31-25(17-30-27(32)29-15-18-8-2-1-3-9-18)28-16-19-14-24-20-10-4-6-12-22(20)26(19)23-13-7-5-11-21(23)24/h1-13,19,24,26H,14-17H2,(H,28,31)(H2,29,30,32)/t19-,24?,26?/m1/s1. The van der Waals surface area contributed by atoms with Crippen LogP contribution in [-0.4, -0.2) is 25.0 Å². The van der Waals surface area contributed by atoms with Gasteiger partial charge in [0, 0.05) is 24.9 Å². The van der Waals surface area contributed by atoms with Gasteiger partial charge in [-0.15, -0.1) is 0 Å². The zero-order valence-corrected chi connectivity index (χ0v) is 17.9. The molecular weight excluding hydrogens is 398 g/mol. The van der Waals surface area contributed by atoms with Crippen molar-refractivity contribution in [3.05, 3.63) is 107 Å². The molecule has 0 spiro atoms. The van der Waals surface area contributed by atoms with Crippen LogP contribution in [0.15, 0.2) is 78.9 Å². The number of hydrogen-bond acceptors (Lipinski definition) is 2. The highest BCUT2D eigenvalue weighted by molar-refractivity contribution is 5.83. The SMILES string of the molecule is O=C(CNC(=O)NCc1ccccc1)NC[C@H]1CC2c3ccccc3C1c1ccccc12. The quantitative estimate of drug-likeness (QED) is 0.561. The molecule has 1 atom stereocenters. The molecule has 3 aliphatic carbocycles. The Hall–Kier alpha value is -3.60. The van der Waals surface area contributed by atoms with Gasteiger partial charge in [0.1, 0.15) is 0 Å². The maximum Gasteiger partial charge on any atom is 0.315 e. The molecule has 0 aromatic heterocycles. The first-order valence-electron chi connectivity index (χ1n) is 11.2. The number of nitrogens with one attached hydrogen (secondary N) is 3. The third-order valence-corrected chi connectivity index (χ3v) is 6.69. The fourth-order valence-corrected chi connectivity index (χ4v) is 5.27. The maximum atomic E-state index is 12.4. The van der Waals surface area contributed by atoms with Gasteiger partial charge < -0.3 is 16.0 Å². The van der Waals surface area contributed by atoms with Gasteiger partial charge >= 0.3 is 6.03 Å². The molecule has 5 heteroatoms. The minimum atomic E-state index is -0.344. The van der Waals surface area contributed by atoms with Crippen molar-refractivity contribution in [3.8, 4) is 0 Å². The van der Waals surface area contributed by atoms with E-state index in [0.717, 1.165) is 12.0 Å². The molecule has 2 bridgehead atoms. The number of carbonyl (C=O) groups is 2. The minimum absolute atomic E-state index is 0.0331. The van der Waals surface area contributed by atoms with Crippen LogP contribution >= 0.6 is 0 Å². The van der Waals surface area contributed by atoms with E-state index in [1.807, 2.05) is 30.3 Å². The van der Waals surface area contributed by atoms with Crippen LogP contribution in [0.3, 0.4) is 0 Å². The first kappa shape index (κ1) is 20.3. The summed E-state index contributed by atoms with van der Waals surface area (Å²) >= 11 is 0. The number of benzene rings is 3. The average molecular weight is 426 g/mol.